The van der Waals surface area contributed by atoms with Crippen LogP contribution in [0.15, 0.2) is 36.7 Å². The van der Waals surface area contributed by atoms with Gasteiger partial charge in [-0.25, -0.2) is 4.98 Å². The zero-order chi connectivity index (χ0) is 17.7. The predicted octanol–water partition coefficient (Wildman–Crippen LogP) is 2.57. The van der Waals surface area contributed by atoms with Crippen molar-refractivity contribution in [1.29, 1.82) is 0 Å². The Kier molecular flexibility index (Phi) is 5.48. The molecule has 0 bridgehead atoms. The molecule has 0 spiro atoms. The Bertz CT molecular complexity index is 698. The fourth-order valence-electron chi connectivity index (χ4n) is 2.13. The summed E-state index contributed by atoms with van der Waals surface area (Å²) in [7, 11) is 1.84. The van der Waals surface area contributed by atoms with Gasteiger partial charge in [0.25, 0.3) is 5.91 Å². The molecule has 1 N–H and O–H groups in total. The van der Waals surface area contributed by atoms with Gasteiger partial charge >= 0.3 is 6.18 Å². The summed E-state index contributed by atoms with van der Waals surface area (Å²) in [6, 6.07) is 4.81. The van der Waals surface area contributed by atoms with E-state index < -0.39 is 23.8 Å². The van der Waals surface area contributed by atoms with Gasteiger partial charge in [0.15, 0.2) is 6.10 Å². The van der Waals surface area contributed by atoms with Crippen LogP contribution in [0.1, 0.15) is 18.3 Å². The van der Waals surface area contributed by atoms with Gasteiger partial charge in [0.05, 0.1) is 5.56 Å². The number of alkyl halides is 3. The molecule has 0 aliphatic carbocycles. The number of aromatic nitrogens is 2. The van der Waals surface area contributed by atoms with Gasteiger partial charge < -0.3 is 14.6 Å². The van der Waals surface area contributed by atoms with Gasteiger partial charge in [0.1, 0.15) is 11.6 Å². The maximum atomic E-state index is 12.9. The monoisotopic (exact) mass is 341 g/mol. The Morgan fingerprint density at radius 1 is 1.38 bits per heavy atom. The number of imidazole rings is 1. The highest BCUT2D eigenvalue weighted by atomic mass is 19.4. The van der Waals surface area contributed by atoms with E-state index >= 15 is 0 Å². The minimum Gasteiger partial charge on any atom is -0.480 e. The van der Waals surface area contributed by atoms with E-state index in [0.717, 1.165) is 11.9 Å². The Labute approximate surface area is 137 Å². The quantitative estimate of drug-likeness (QED) is 0.879. The third-order valence-corrected chi connectivity index (χ3v) is 3.43. The number of hydrogen-bond acceptors (Lipinski definition) is 3. The molecular formula is C16H18F3N3O2. The average molecular weight is 341 g/mol. The van der Waals surface area contributed by atoms with Gasteiger partial charge in [-0.1, -0.05) is 12.1 Å². The molecular weight excluding hydrogens is 323 g/mol. The normalized spacial score (nSPS) is 12.7. The highest BCUT2D eigenvalue weighted by Crippen LogP contribution is 2.36. The number of carbonyl (C=O) groups excluding carboxylic acids is 1. The van der Waals surface area contributed by atoms with Gasteiger partial charge in [-0.15, -0.1) is 0 Å². The van der Waals surface area contributed by atoms with Crippen molar-refractivity contribution in [3.8, 4) is 5.75 Å². The van der Waals surface area contributed by atoms with Crippen LogP contribution in [0.25, 0.3) is 0 Å². The van der Waals surface area contributed by atoms with Gasteiger partial charge in [0.2, 0.25) is 0 Å². The van der Waals surface area contributed by atoms with Crippen LogP contribution in [-0.2, 0) is 24.4 Å². The molecule has 8 heteroatoms. The zero-order valence-corrected chi connectivity index (χ0v) is 13.3. The second-order valence-electron chi connectivity index (χ2n) is 5.25. The second-order valence-corrected chi connectivity index (χ2v) is 5.25. The summed E-state index contributed by atoms with van der Waals surface area (Å²) in [5.74, 6) is -0.0516. The van der Waals surface area contributed by atoms with Gasteiger partial charge in [0, 0.05) is 32.4 Å². The lowest BCUT2D eigenvalue weighted by atomic mass is 10.2. The highest BCUT2D eigenvalue weighted by molar-refractivity contribution is 5.80. The van der Waals surface area contributed by atoms with Crippen LogP contribution in [-0.4, -0.2) is 28.1 Å². The van der Waals surface area contributed by atoms with Crippen LogP contribution in [0.4, 0.5) is 13.2 Å². The Hall–Kier alpha value is -2.51. The molecule has 2 rings (SSSR count). The fourth-order valence-corrected chi connectivity index (χ4v) is 2.13. The summed E-state index contributed by atoms with van der Waals surface area (Å²) in [5, 5.41) is 2.63. The first-order valence-corrected chi connectivity index (χ1v) is 7.36. The number of hydrogen-bond donors (Lipinski definition) is 1. The van der Waals surface area contributed by atoms with Crippen LogP contribution >= 0.6 is 0 Å². The number of nitrogens with one attached hydrogen (secondary N) is 1. The lowest BCUT2D eigenvalue weighted by Gasteiger charge is -2.18. The first-order valence-electron chi connectivity index (χ1n) is 7.36. The standard InChI is InChI=1S/C16H18F3N3O2/c1-11(15(23)21-8-7-14-20-9-10-22(14)2)24-13-6-4-3-5-12(13)16(17,18)19/h3-6,9-11H,7-8H2,1-2H3,(H,21,23)/t11-/m1/s1. The van der Waals surface area contributed by atoms with Crippen LogP contribution < -0.4 is 10.1 Å². The largest absolute Gasteiger partial charge is 0.480 e. The molecule has 1 aromatic heterocycles. The van der Waals surface area contributed by atoms with Crippen LogP contribution in [0.2, 0.25) is 0 Å². The van der Waals surface area contributed by atoms with E-state index in [2.05, 4.69) is 10.3 Å². The number of rotatable bonds is 6. The smallest absolute Gasteiger partial charge is 0.419 e. The lowest BCUT2D eigenvalue weighted by Crippen LogP contribution is -2.37. The molecule has 2 aromatic rings. The van der Waals surface area contributed by atoms with Crippen molar-refractivity contribution in [3.63, 3.8) is 0 Å². The van der Waals surface area contributed by atoms with Crippen LogP contribution in [0.3, 0.4) is 0 Å². The van der Waals surface area contributed by atoms with Gasteiger partial charge in [-0.2, -0.15) is 13.2 Å². The molecule has 0 aliphatic heterocycles. The first-order chi connectivity index (χ1) is 11.3. The third kappa shape index (κ3) is 4.50. The van der Waals surface area contributed by atoms with Crippen molar-refractivity contribution in [2.45, 2.75) is 25.6 Å². The number of amides is 1. The molecule has 0 aliphatic rings. The van der Waals surface area contributed by atoms with Crippen LogP contribution in [0, 0.1) is 0 Å². The second kappa shape index (κ2) is 7.37. The predicted molar refractivity (Wildman–Crippen MR) is 81.5 cm³/mol. The van der Waals surface area contributed by atoms with Crippen molar-refractivity contribution in [1.82, 2.24) is 14.9 Å². The zero-order valence-electron chi connectivity index (χ0n) is 13.3. The number of benzene rings is 1. The van der Waals surface area contributed by atoms with Crippen molar-refractivity contribution < 1.29 is 22.7 Å². The summed E-state index contributed by atoms with van der Waals surface area (Å²) in [6.45, 7) is 1.72. The van der Waals surface area contributed by atoms with Crippen molar-refractivity contribution in [3.05, 3.63) is 48.0 Å². The molecule has 1 aromatic carbocycles. The number of halogens is 3. The molecule has 0 unspecified atom stereocenters. The molecule has 1 heterocycles. The topological polar surface area (TPSA) is 56.1 Å². The first kappa shape index (κ1) is 17.8. The van der Waals surface area contributed by atoms with E-state index in [4.69, 9.17) is 4.74 Å². The van der Waals surface area contributed by atoms with Crippen molar-refractivity contribution in [2.75, 3.05) is 6.54 Å². The van der Waals surface area contributed by atoms with E-state index in [0.29, 0.717) is 13.0 Å². The minimum absolute atomic E-state index is 0.318. The number of carbonyl (C=O) groups is 1. The number of para-hydroxylation sites is 1. The maximum Gasteiger partial charge on any atom is 0.419 e. The summed E-state index contributed by atoms with van der Waals surface area (Å²) in [6.07, 6.45) is -1.63. The maximum absolute atomic E-state index is 12.9. The molecule has 0 radical (unpaired) electrons. The molecule has 0 saturated carbocycles. The van der Waals surface area contributed by atoms with Gasteiger partial charge in [-0.3, -0.25) is 4.79 Å². The summed E-state index contributed by atoms with van der Waals surface area (Å²) >= 11 is 0. The van der Waals surface area contributed by atoms with Crippen molar-refractivity contribution >= 4 is 5.91 Å². The Morgan fingerprint density at radius 2 is 2.08 bits per heavy atom. The van der Waals surface area contributed by atoms with Gasteiger partial charge in [-0.05, 0) is 19.1 Å². The van der Waals surface area contributed by atoms with E-state index in [1.165, 1.54) is 25.1 Å². The average Bonchev–Trinajstić information content (AvgIpc) is 2.92. The number of ether oxygens (including phenoxy) is 1. The van der Waals surface area contributed by atoms with Crippen LogP contribution in [0.5, 0.6) is 5.75 Å². The molecule has 130 valence electrons. The fraction of sp³-hybridized carbons (Fsp3) is 0.375. The Balaban J connectivity index is 1.91. The van der Waals surface area contributed by atoms with E-state index in [1.807, 2.05) is 11.6 Å². The van der Waals surface area contributed by atoms with E-state index in [1.54, 1.807) is 12.4 Å². The summed E-state index contributed by atoms with van der Waals surface area (Å²) in [5.41, 5.74) is -0.905. The van der Waals surface area contributed by atoms with E-state index in [9.17, 15) is 18.0 Å². The molecule has 1 amide bonds. The number of aryl methyl sites for hydroxylation is 1. The lowest BCUT2D eigenvalue weighted by molar-refractivity contribution is -0.140. The molecule has 1 atom stereocenters. The summed E-state index contributed by atoms with van der Waals surface area (Å²) in [4.78, 5) is 16.1. The van der Waals surface area contributed by atoms with E-state index in [-0.39, 0.29) is 5.75 Å². The molecule has 5 nitrogen and oxygen atoms in total. The third-order valence-electron chi connectivity index (χ3n) is 3.43. The minimum atomic E-state index is -4.54. The summed E-state index contributed by atoms with van der Waals surface area (Å²) < 4.78 is 45.7. The highest BCUT2D eigenvalue weighted by Gasteiger charge is 2.34. The molecule has 0 saturated heterocycles. The Morgan fingerprint density at radius 3 is 2.71 bits per heavy atom. The van der Waals surface area contributed by atoms with Crippen molar-refractivity contribution in [2.24, 2.45) is 7.05 Å². The SMILES string of the molecule is C[C@@H](Oc1ccccc1C(F)(F)F)C(=O)NCCc1nccn1C. The number of nitrogens with zero attached hydrogens (tertiary/aromatic N) is 2. The molecule has 24 heavy (non-hydrogen) atoms. The molecule has 0 fully saturated rings.